The summed E-state index contributed by atoms with van der Waals surface area (Å²) in [6, 6.07) is 3.45. The van der Waals surface area contributed by atoms with Gasteiger partial charge in [-0.1, -0.05) is 0 Å². The summed E-state index contributed by atoms with van der Waals surface area (Å²) in [6.07, 6.45) is -0.732. The van der Waals surface area contributed by atoms with Crippen LogP contribution in [-0.4, -0.2) is 66.4 Å². The summed E-state index contributed by atoms with van der Waals surface area (Å²) in [5.74, 6) is 0.0835. The molecule has 1 aromatic heterocycles. The number of nitrogens with one attached hydrogen (secondary N) is 1. The lowest BCUT2D eigenvalue weighted by molar-refractivity contribution is -0.0980. The average molecular weight is 498 g/mol. The number of ether oxygens (including phenoxy) is 1. The van der Waals surface area contributed by atoms with Crippen molar-refractivity contribution in [2.45, 2.75) is 58.2 Å². The Kier molecular flexibility index (Phi) is 9.25. The van der Waals surface area contributed by atoms with Gasteiger partial charge in [-0.2, -0.15) is 0 Å². The summed E-state index contributed by atoms with van der Waals surface area (Å²) < 4.78 is 58.6. The molecule has 1 aromatic carbocycles. The highest BCUT2D eigenvalue weighted by atomic mass is 19.3. The number of nitrogens with zero attached hydrogens (tertiary/aromatic N) is 4. The monoisotopic (exact) mass is 497 g/mol. The van der Waals surface area contributed by atoms with Crippen molar-refractivity contribution in [3.8, 4) is 5.75 Å². The van der Waals surface area contributed by atoms with Crippen molar-refractivity contribution in [2.75, 3.05) is 36.4 Å². The van der Waals surface area contributed by atoms with E-state index < -0.39 is 18.1 Å². The van der Waals surface area contributed by atoms with Crippen LogP contribution in [0.4, 0.5) is 29.2 Å². The Morgan fingerprint density at radius 1 is 1.11 bits per heavy atom. The van der Waals surface area contributed by atoms with Crippen LogP contribution >= 0.6 is 0 Å². The van der Waals surface area contributed by atoms with Gasteiger partial charge in [0.2, 0.25) is 0 Å². The minimum absolute atomic E-state index is 0.0460. The van der Waals surface area contributed by atoms with Crippen LogP contribution in [0.15, 0.2) is 18.2 Å². The Hall–Kier alpha value is -2.95. The molecule has 2 aliphatic heterocycles. The maximum atomic E-state index is 13.9. The Bertz CT molecular complexity index is 987. The number of alkyl halides is 2. The number of anilines is 2. The number of hydrogen-bond donors (Lipinski definition) is 1. The minimum atomic E-state index is -2.38. The fourth-order valence-corrected chi connectivity index (χ4v) is 4.25. The first-order valence-corrected chi connectivity index (χ1v) is 11.6. The van der Waals surface area contributed by atoms with Crippen LogP contribution in [0.1, 0.15) is 38.1 Å². The van der Waals surface area contributed by atoms with Gasteiger partial charge in [0.05, 0.1) is 17.9 Å². The largest absolute Gasteiger partial charge is 0.487 e. The molecule has 0 amide bonds. The highest BCUT2D eigenvalue weighted by Gasteiger charge is 2.28. The van der Waals surface area contributed by atoms with Crippen LogP contribution in [0.3, 0.4) is 0 Å². The zero-order valence-corrected chi connectivity index (χ0v) is 19.9. The van der Waals surface area contributed by atoms with Crippen LogP contribution in [0.25, 0.3) is 0 Å². The molecule has 0 saturated carbocycles. The SMILES string of the molecule is C=O.CC(C)Nc1nc2c(nc1N1CCC(Oc3ccc(F)cc3F)CC1)CN(CC(F)F)CC2. The average Bonchev–Trinajstić information content (AvgIpc) is 2.82. The number of halogens is 4. The van der Waals surface area contributed by atoms with Crippen molar-refractivity contribution in [3.05, 3.63) is 41.2 Å². The molecule has 1 N–H and O–H groups in total. The molecule has 11 heteroatoms. The van der Waals surface area contributed by atoms with E-state index in [1.807, 2.05) is 20.6 Å². The van der Waals surface area contributed by atoms with Gasteiger partial charge in [-0.15, -0.1) is 0 Å². The summed E-state index contributed by atoms with van der Waals surface area (Å²) in [7, 11) is 0. The Balaban J connectivity index is 0.00000167. The van der Waals surface area contributed by atoms with E-state index in [0.29, 0.717) is 57.1 Å². The number of benzene rings is 1. The molecule has 0 atom stereocenters. The van der Waals surface area contributed by atoms with Crippen molar-refractivity contribution >= 4 is 18.4 Å². The minimum Gasteiger partial charge on any atom is -0.487 e. The second kappa shape index (κ2) is 12.1. The first kappa shape index (κ1) is 26.7. The molecule has 4 rings (SSSR count). The fourth-order valence-electron chi connectivity index (χ4n) is 4.25. The van der Waals surface area contributed by atoms with Gasteiger partial charge in [-0.05, 0) is 26.0 Å². The molecular weight excluding hydrogens is 466 g/mol. The standard InChI is InChI=1S/C23H29F4N5O.CH2O/c1-14(2)28-22-23(30-19-12-31(13-21(26)27)8-7-18(19)29-22)32-9-5-16(6-10-32)33-20-4-3-15(24)11-17(20)25;1-2/h3-4,11,14,16,21H,5-10,12-13H2,1-2H3,(H,28,29);1H2. The van der Waals surface area contributed by atoms with Gasteiger partial charge in [0, 0.05) is 57.5 Å². The number of carbonyl (C=O) groups excluding carboxylic acids is 1. The molecule has 0 spiro atoms. The molecule has 1 saturated heterocycles. The Labute approximate surface area is 202 Å². The van der Waals surface area contributed by atoms with Gasteiger partial charge in [0.25, 0.3) is 6.43 Å². The highest BCUT2D eigenvalue weighted by Crippen LogP contribution is 2.30. The maximum Gasteiger partial charge on any atom is 0.251 e. The van der Waals surface area contributed by atoms with E-state index in [0.717, 1.165) is 17.5 Å². The third-order valence-corrected chi connectivity index (χ3v) is 5.82. The quantitative estimate of drug-likeness (QED) is 0.579. The van der Waals surface area contributed by atoms with Gasteiger partial charge in [-0.25, -0.2) is 27.5 Å². The van der Waals surface area contributed by atoms with E-state index in [-0.39, 0.29) is 24.4 Å². The van der Waals surface area contributed by atoms with Crippen LogP contribution in [0.5, 0.6) is 5.75 Å². The van der Waals surface area contributed by atoms with E-state index in [2.05, 4.69) is 10.2 Å². The summed E-state index contributed by atoms with van der Waals surface area (Å²) in [5.41, 5.74) is 1.58. The number of aromatic nitrogens is 2. The highest BCUT2D eigenvalue weighted by molar-refractivity contribution is 5.62. The number of fused-ring (bicyclic) bond motifs is 1. The van der Waals surface area contributed by atoms with E-state index in [9.17, 15) is 17.6 Å². The summed E-state index contributed by atoms with van der Waals surface area (Å²) in [4.78, 5) is 21.5. The first-order chi connectivity index (χ1) is 16.8. The molecule has 0 radical (unpaired) electrons. The lowest BCUT2D eigenvalue weighted by atomic mass is 10.1. The van der Waals surface area contributed by atoms with Gasteiger partial charge >= 0.3 is 0 Å². The van der Waals surface area contributed by atoms with Gasteiger partial charge in [-0.3, -0.25) is 4.90 Å². The molecule has 0 bridgehead atoms. The second-order valence-corrected chi connectivity index (χ2v) is 8.84. The number of piperidine rings is 1. The van der Waals surface area contributed by atoms with E-state index >= 15 is 0 Å². The zero-order valence-electron chi connectivity index (χ0n) is 19.9. The summed E-state index contributed by atoms with van der Waals surface area (Å²) in [5, 5.41) is 3.36. The topological polar surface area (TPSA) is 70.6 Å². The molecule has 0 aliphatic carbocycles. The first-order valence-electron chi connectivity index (χ1n) is 11.6. The van der Waals surface area contributed by atoms with Gasteiger partial charge in [0.1, 0.15) is 18.7 Å². The lowest BCUT2D eigenvalue weighted by Gasteiger charge is -2.35. The van der Waals surface area contributed by atoms with Crippen LogP contribution < -0.4 is 15.0 Å². The molecule has 2 aliphatic rings. The summed E-state index contributed by atoms with van der Waals surface area (Å²) >= 11 is 0. The number of rotatable bonds is 7. The van der Waals surface area contributed by atoms with Crippen molar-refractivity contribution in [1.29, 1.82) is 0 Å². The Morgan fingerprint density at radius 2 is 1.83 bits per heavy atom. The lowest BCUT2D eigenvalue weighted by Crippen LogP contribution is -2.40. The predicted molar refractivity (Wildman–Crippen MR) is 125 cm³/mol. The van der Waals surface area contributed by atoms with Crippen molar-refractivity contribution in [3.63, 3.8) is 0 Å². The molecule has 3 heterocycles. The molecule has 0 unspecified atom stereocenters. The fraction of sp³-hybridized carbons (Fsp3) is 0.542. The molecule has 35 heavy (non-hydrogen) atoms. The maximum absolute atomic E-state index is 13.9. The summed E-state index contributed by atoms with van der Waals surface area (Å²) in [6.45, 7) is 7.90. The van der Waals surface area contributed by atoms with Crippen molar-refractivity contribution in [2.24, 2.45) is 0 Å². The predicted octanol–water partition coefficient (Wildman–Crippen LogP) is 4.06. The van der Waals surface area contributed by atoms with Crippen LogP contribution in [0.2, 0.25) is 0 Å². The molecule has 1 fully saturated rings. The normalized spacial score (nSPS) is 16.6. The van der Waals surface area contributed by atoms with E-state index in [1.165, 1.54) is 12.1 Å². The van der Waals surface area contributed by atoms with E-state index in [1.54, 1.807) is 4.90 Å². The Morgan fingerprint density at radius 3 is 2.46 bits per heavy atom. The van der Waals surface area contributed by atoms with E-state index in [4.69, 9.17) is 19.5 Å². The second-order valence-electron chi connectivity index (χ2n) is 8.84. The van der Waals surface area contributed by atoms with Crippen molar-refractivity contribution in [1.82, 2.24) is 14.9 Å². The number of hydrogen-bond acceptors (Lipinski definition) is 7. The smallest absolute Gasteiger partial charge is 0.251 e. The third kappa shape index (κ3) is 7.03. The van der Waals surface area contributed by atoms with Gasteiger partial charge in [0.15, 0.2) is 23.2 Å². The molecule has 192 valence electrons. The van der Waals surface area contributed by atoms with Crippen LogP contribution in [0, 0.1) is 11.6 Å². The third-order valence-electron chi connectivity index (χ3n) is 5.82. The number of carbonyl (C=O) groups is 1. The van der Waals surface area contributed by atoms with Gasteiger partial charge < -0.3 is 19.7 Å². The van der Waals surface area contributed by atoms with Crippen molar-refractivity contribution < 1.29 is 27.1 Å². The molecule has 2 aromatic rings. The molecule has 7 nitrogen and oxygen atoms in total. The zero-order chi connectivity index (χ0) is 25.5. The molecular formula is C24H31F4N5O2. The van der Waals surface area contributed by atoms with Crippen LogP contribution in [-0.2, 0) is 17.8 Å².